The molecule has 0 bridgehead atoms. The van der Waals surface area contributed by atoms with E-state index in [0.717, 1.165) is 5.56 Å². The van der Waals surface area contributed by atoms with Gasteiger partial charge in [-0.1, -0.05) is 24.6 Å². The van der Waals surface area contributed by atoms with Crippen LogP contribution in [0, 0.1) is 0 Å². The Balaban J connectivity index is 2.20. The van der Waals surface area contributed by atoms with Gasteiger partial charge in [0.05, 0.1) is 12.6 Å². The Hall–Kier alpha value is -1.59. The highest BCUT2D eigenvalue weighted by atomic mass is 35.5. The second-order valence-corrected chi connectivity index (χ2v) is 5.00. The van der Waals surface area contributed by atoms with Crippen molar-refractivity contribution in [3.05, 3.63) is 28.8 Å². The summed E-state index contributed by atoms with van der Waals surface area (Å²) in [5.41, 5.74) is 7.09. The zero-order chi connectivity index (χ0) is 14.0. The smallest absolute Gasteiger partial charge is 0.243 e. The maximum absolute atomic E-state index is 11.7. The van der Waals surface area contributed by atoms with Gasteiger partial charge in [0, 0.05) is 17.3 Å². The van der Waals surface area contributed by atoms with Gasteiger partial charge < -0.3 is 5.73 Å². The van der Waals surface area contributed by atoms with E-state index < -0.39 is 0 Å². The summed E-state index contributed by atoms with van der Waals surface area (Å²) in [5.74, 6) is -0.522. The van der Waals surface area contributed by atoms with Gasteiger partial charge in [0.1, 0.15) is 0 Å². The van der Waals surface area contributed by atoms with E-state index >= 15 is 0 Å². The molecule has 0 aliphatic carbocycles. The Morgan fingerprint density at radius 3 is 2.84 bits per heavy atom. The summed E-state index contributed by atoms with van der Waals surface area (Å²) in [6.45, 7) is 2.57. The number of amides is 2. The van der Waals surface area contributed by atoms with Gasteiger partial charge in [-0.2, -0.15) is 0 Å². The van der Waals surface area contributed by atoms with Crippen LogP contribution in [0.4, 0.5) is 5.69 Å². The number of imide groups is 1. The van der Waals surface area contributed by atoms with E-state index in [-0.39, 0.29) is 24.4 Å². The van der Waals surface area contributed by atoms with Crippen LogP contribution in [-0.2, 0) is 16.1 Å². The fraction of sp³-hybridized carbons (Fsp3) is 0.385. The van der Waals surface area contributed by atoms with Gasteiger partial charge in [0.15, 0.2) is 0 Å². The van der Waals surface area contributed by atoms with Crippen molar-refractivity contribution in [2.45, 2.75) is 25.9 Å². The van der Waals surface area contributed by atoms with E-state index in [4.69, 9.17) is 17.3 Å². The topological polar surface area (TPSA) is 75.4 Å². The Kier molecular flexibility index (Phi) is 4.07. The molecule has 1 atom stereocenters. The molecule has 0 saturated carbocycles. The van der Waals surface area contributed by atoms with E-state index in [9.17, 15) is 9.59 Å². The van der Waals surface area contributed by atoms with Crippen molar-refractivity contribution in [1.82, 2.24) is 10.2 Å². The van der Waals surface area contributed by atoms with E-state index in [1.807, 2.05) is 17.9 Å². The number of nitrogen functional groups attached to an aromatic ring is 1. The third-order valence-corrected chi connectivity index (χ3v) is 3.54. The number of carbonyl (C=O) groups is 2. The molecule has 1 aromatic carbocycles. The average molecular weight is 282 g/mol. The van der Waals surface area contributed by atoms with Gasteiger partial charge >= 0.3 is 0 Å². The van der Waals surface area contributed by atoms with Crippen molar-refractivity contribution in [1.29, 1.82) is 0 Å². The molecule has 5 nitrogen and oxygen atoms in total. The molecule has 1 fully saturated rings. The third-order valence-electron chi connectivity index (χ3n) is 3.19. The number of carbonyl (C=O) groups excluding carboxylic acids is 2. The number of nitrogens with one attached hydrogen (secondary N) is 1. The molecule has 2 rings (SSSR count). The molecule has 3 N–H and O–H groups in total. The predicted molar refractivity (Wildman–Crippen MR) is 73.5 cm³/mol. The number of hydrogen-bond donors (Lipinski definition) is 2. The molecule has 1 saturated heterocycles. The van der Waals surface area contributed by atoms with Crippen molar-refractivity contribution in [2.24, 2.45) is 0 Å². The highest BCUT2D eigenvalue weighted by Gasteiger charge is 2.32. The van der Waals surface area contributed by atoms with E-state index in [2.05, 4.69) is 5.32 Å². The number of anilines is 1. The number of benzene rings is 1. The molecule has 6 heteroatoms. The zero-order valence-corrected chi connectivity index (χ0v) is 11.4. The maximum atomic E-state index is 11.7. The first-order valence-electron chi connectivity index (χ1n) is 6.13. The first kappa shape index (κ1) is 13.8. The van der Waals surface area contributed by atoms with E-state index in [1.165, 1.54) is 0 Å². The van der Waals surface area contributed by atoms with Gasteiger partial charge in [-0.15, -0.1) is 0 Å². The summed E-state index contributed by atoms with van der Waals surface area (Å²) in [5, 5.41) is 2.90. The average Bonchev–Trinajstić information content (AvgIpc) is 2.32. The number of piperazine rings is 1. The lowest BCUT2D eigenvalue weighted by Gasteiger charge is -2.33. The van der Waals surface area contributed by atoms with Crippen molar-refractivity contribution < 1.29 is 9.59 Å². The van der Waals surface area contributed by atoms with Gasteiger partial charge in [0.25, 0.3) is 0 Å². The molecule has 102 valence electrons. The van der Waals surface area contributed by atoms with Crippen molar-refractivity contribution >= 4 is 29.1 Å². The summed E-state index contributed by atoms with van der Waals surface area (Å²) in [6, 6.07) is 4.95. The number of nitrogens with two attached hydrogens (primary N) is 1. The minimum atomic E-state index is -0.300. The minimum absolute atomic E-state index is 0.199. The normalized spacial score (nSPS) is 20.4. The molecule has 2 amide bonds. The standard InChI is InChI=1S/C13H16ClN3O2/c1-2-11-13(19)16-12(18)7-17(11)6-8-3-4-9(15)5-10(8)14/h3-5,11H,2,6-7,15H2,1H3,(H,16,18,19). The van der Waals surface area contributed by atoms with Gasteiger partial charge in [-0.3, -0.25) is 19.8 Å². The van der Waals surface area contributed by atoms with Crippen LogP contribution in [0.15, 0.2) is 18.2 Å². The molecule has 19 heavy (non-hydrogen) atoms. The molecule has 0 aromatic heterocycles. The molecule has 1 aliphatic rings. The quantitative estimate of drug-likeness (QED) is 0.644. The number of rotatable bonds is 3. The van der Waals surface area contributed by atoms with Crippen LogP contribution in [0.1, 0.15) is 18.9 Å². The highest BCUT2D eigenvalue weighted by Crippen LogP contribution is 2.22. The van der Waals surface area contributed by atoms with Crippen LogP contribution in [-0.4, -0.2) is 29.3 Å². The summed E-state index contributed by atoms with van der Waals surface area (Å²) in [4.78, 5) is 25.0. The van der Waals surface area contributed by atoms with Crippen molar-refractivity contribution in [3.8, 4) is 0 Å². The second kappa shape index (κ2) is 5.59. The molecule has 1 aromatic rings. The Labute approximate surface area is 116 Å². The summed E-state index contributed by atoms with van der Waals surface area (Å²) in [7, 11) is 0. The van der Waals surface area contributed by atoms with Crippen LogP contribution in [0.25, 0.3) is 0 Å². The Morgan fingerprint density at radius 1 is 1.47 bits per heavy atom. The molecule has 0 spiro atoms. The fourth-order valence-corrected chi connectivity index (χ4v) is 2.49. The number of hydrogen-bond acceptors (Lipinski definition) is 4. The minimum Gasteiger partial charge on any atom is -0.399 e. The Bertz CT molecular complexity index is 519. The van der Waals surface area contributed by atoms with Crippen LogP contribution >= 0.6 is 11.6 Å². The monoisotopic (exact) mass is 281 g/mol. The molecule has 1 unspecified atom stereocenters. The predicted octanol–water partition coefficient (Wildman–Crippen LogP) is 1.16. The SMILES string of the molecule is CCC1C(=O)NC(=O)CN1Cc1ccc(N)cc1Cl. The van der Waals surface area contributed by atoms with Crippen LogP contribution in [0.3, 0.4) is 0 Å². The lowest BCUT2D eigenvalue weighted by Crippen LogP contribution is -2.57. The highest BCUT2D eigenvalue weighted by molar-refractivity contribution is 6.31. The first-order valence-corrected chi connectivity index (χ1v) is 6.50. The summed E-state index contributed by atoms with van der Waals surface area (Å²) in [6.07, 6.45) is 0.645. The maximum Gasteiger partial charge on any atom is 0.243 e. The molecule has 1 aliphatic heterocycles. The molecular formula is C13H16ClN3O2. The van der Waals surface area contributed by atoms with E-state index in [1.54, 1.807) is 12.1 Å². The largest absolute Gasteiger partial charge is 0.399 e. The van der Waals surface area contributed by atoms with Crippen LogP contribution in [0.5, 0.6) is 0 Å². The van der Waals surface area contributed by atoms with Crippen molar-refractivity contribution in [2.75, 3.05) is 12.3 Å². The lowest BCUT2D eigenvalue weighted by molar-refractivity contribution is -0.140. The Morgan fingerprint density at radius 2 is 2.21 bits per heavy atom. The second-order valence-electron chi connectivity index (χ2n) is 4.59. The number of nitrogens with zero attached hydrogens (tertiary/aromatic N) is 1. The van der Waals surface area contributed by atoms with Gasteiger partial charge in [-0.05, 0) is 24.1 Å². The molecule has 0 radical (unpaired) electrons. The first-order chi connectivity index (χ1) is 9.01. The van der Waals surface area contributed by atoms with Gasteiger partial charge in [-0.25, -0.2) is 0 Å². The zero-order valence-electron chi connectivity index (χ0n) is 10.6. The third kappa shape index (κ3) is 3.05. The molecular weight excluding hydrogens is 266 g/mol. The lowest BCUT2D eigenvalue weighted by atomic mass is 10.1. The summed E-state index contributed by atoms with van der Waals surface area (Å²) < 4.78 is 0. The van der Waals surface area contributed by atoms with Crippen molar-refractivity contribution in [3.63, 3.8) is 0 Å². The van der Waals surface area contributed by atoms with Gasteiger partial charge in [0.2, 0.25) is 11.8 Å². The van der Waals surface area contributed by atoms with Crippen LogP contribution in [0.2, 0.25) is 5.02 Å². The van der Waals surface area contributed by atoms with Crippen LogP contribution < -0.4 is 11.1 Å². The number of halogens is 1. The fourth-order valence-electron chi connectivity index (χ4n) is 2.24. The molecule has 1 heterocycles. The summed E-state index contributed by atoms with van der Waals surface area (Å²) >= 11 is 6.12. The van der Waals surface area contributed by atoms with E-state index in [0.29, 0.717) is 23.7 Å².